The largest absolute Gasteiger partial charge is 0.360 e. The van der Waals surface area contributed by atoms with Gasteiger partial charge >= 0.3 is 0 Å². The number of halogens is 1. The second-order valence-corrected chi connectivity index (χ2v) is 8.26. The highest BCUT2D eigenvalue weighted by atomic mass is 79.9. The Kier molecular flexibility index (Phi) is 4.60. The van der Waals surface area contributed by atoms with E-state index in [1.807, 2.05) is 32.9 Å². The average Bonchev–Trinajstić information content (AvgIpc) is 3.08. The topological polar surface area (TPSA) is 55.1 Å². The quantitative estimate of drug-likeness (QED) is 0.613. The molecule has 1 aromatic carbocycles. The molecule has 0 atom stereocenters. The van der Waals surface area contributed by atoms with Crippen molar-refractivity contribution in [1.82, 2.24) is 5.16 Å². The first-order valence-electron chi connectivity index (χ1n) is 7.48. The maximum Gasteiger partial charge on any atom is 0.261 e. The van der Waals surface area contributed by atoms with E-state index in [4.69, 9.17) is 4.52 Å². The van der Waals surface area contributed by atoms with E-state index >= 15 is 0 Å². The molecule has 6 heteroatoms. The molecule has 1 amide bonds. The molecular formula is C18H17BrN2O2S. The summed E-state index contributed by atoms with van der Waals surface area (Å²) in [5.74, 6) is 0.303. The zero-order valence-electron chi connectivity index (χ0n) is 13.9. The number of nitrogens with zero attached hydrogens (tertiary/aromatic N) is 1. The van der Waals surface area contributed by atoms with E-state index in [1.165, 1.54) is 16.9 Å². The molecule has 0 aliphatic carbocycles. The number of carbonyl (C=O) groups excluding carboxylic acids is 1. The van der Waals surface area contributed by atoms with E-state index in [2.05, 4.69) is 38.5 Å². The third-order valence-electron chi connectivity index (χ3n) is 3.81. The normalized spacial score (nSPS) is 10.9. The number of hydrogen-bond donors (Lipinski definition) is 1. The SMILES string of the molecule is Cc1cc(C)c(NC(=O)c2c(-c3ccc(Br)s3)noc2C)c(C)c1. The number of hydrogen-bond acceptors (Lipinski definition) is 4. The van der Waals surface area contributed by atoms with Gasteiger partial charge in [-0.25, -0.2) is 0 Å². The Morgan fingerprint density at radius 3 is 2.42 bits per heavy atom. The Bertz CT molecular complexity index is 904. The Morgan fingerprint density at radius 2 is 1.83 bits per heavy atom. The van der Waals surface area contributed by atoms with E-state index in [9.17, 15) is 4.79 Å². The van der Waals surface area contributed by atoms with Gasteiger partial charge in [0.05, 0.1) is 8.66 Å². The zero-order valence-corrected chi connectivity index (χ0v) is 16.3. The lowest BCUT2D eigenvalue weighted by molar-refractivity contribution is 0.102. The highest BCUT2D eigenvalue weighted by molar-refractivity contribution is 9.11. The first-order chi connectivity index (χ1) is 11.4. The third-order valence-corrected chi connectivity index (χ3v) is 5.44. The van der Waals surface area contributed by atoms with Gasteiger partial charge in [-0.3, -0.25) is 4.79 Å². The summed E-state index contributed by atoms with van der Waals surface area (Å²) in [5, 5.41) is 7.09. The summed E-state index contributed by atoms with van der Waals surface area (Å²) in [6.07, 6.45) is 0. The van der Waals surface area contributed by atoms with Crippen molar-refractivity contribution in [3.8, 4) is 10.6 Å². The predicted octanol–water partition coefficient (Wildman–Crippen LogP) is 5.65. The standard InChI is InChI=1S/C18H17BrN2O2S/c1-9-7-10(2)16(11(3)8-9)20-18(22)15-12(4)23-21-17(15)13-5-6-14(19)24-13/h5-8H,1-4H3,(H,20,22). The van der Waals surface area contributed by atoms with Crippen molar-refractivity contribution in [2.24, 2.45) is 0 Å². The molecule has 0 aliphatic rings. The molecule has 124 valence electrons. The molecule has 0 spiro atoms. The van der Waals surface area contributed by atoms with Gasteiger partial charge in [-0.1, -0.05) is 22.9 Å². The molecule has 0 unspecified atom stereocenters. The fraction of sp³-hybridized carbons (Fsp3) is 0.222. The van der Waals surface area contributed by atoms with Gasteiger partial charge in [-0.05, 0) is 66.9 Å². The summed E-state index contributed by atoms with van der Waals surface area (Å²) in [5.41, 5.74) is 5.13. The minimum absolute atomic E-state index is 0.205. The van der Waals surface area contributed by atoms with Gasteiger partial charge < -0.3 is 9.84 Å². The number of benzene rings is 1. The Labute approximate surface area is 153 Å². The fourth-order valence-electron chi connectivity index (χ4n) is 2.80. The van der Waals surface area contributed by atoms with Crippen LogP contribution in [0.1, 0.15) is 32.8 Å². The lowest BCUT2D eigenvalue weighted by Gasteiger charge is -2.12. The first-order valence-corrected chi connectivity index (χ1v) is 9.09. The predicted molar refractivity (Wildman–Crippen MR) is 101 cm³/mol. The lowest BCUT2D eigenvalue weighted by atomic mass is 10.0. The average molecular weight is 405 g/mol. The molecule has 0 bridgehead atoms. The molecule has 0 aliphatic heterocycles. The summed E-state index contributed by atoms with van der Waals surface area (Å²) in [4.78, 5) is 13.8. The number of nitrogens with one attached hydrogen (secondary N) is 1. The van der Waals surface area contributed by atoms with Gasteiger partial charge in [0.1, 0.15) is 17.0 Å². The van der Waals surface area contributed by atoms with Gasteiger partial charge in [0, 0.05) is 5.69 Å². The third kappa shape index (κ3) is 3.16. The lowest BCUT2D eigenvalue weighted by Crippen LogP contribution is -2.15. The van der Waals surface area contributed by atoms with Crippen LogP contribution in [0.5, 0.6) is 0 Å². The maximum absolute atomic E-state index is 12.9. The van der Waals surface area contributed by atoms with E-state index in [1.54, 1.807) is 6.92 Å². The molecule has 2 heterocycles. The van der Waals surface area contributed by atoms with Gasteiger partial charge in [0.25, 0.3) is 5.91 Å². The molecule has 0 radical (unpaired) electrons. The van der Waals surface area contributed by atoms with Crippen LogP contribution in [0, 0.1) is 27.7 Å². The van der Waals surface area contributed by atoms with Gasteiger partial charge in [-0.15, -0.1) is 11.3 Å². The number of rotatable bonds is 3. The fourth-order valence-corrected chi connectivity index (χ4v) is 4.18. The molecule has 3 rings (SSSR count). The first kappa shape index (κ1) is 16.9. The maximum atomic E-state index is 12.9. The summed E-state index contributed by atoms with van der Waals surface area (Å²) < 4.78 is 6.26. The van der Waals surface area contributed by atoms with Crippen LogP contribution in [0.25, 0.3) is 10.6 Å². The van der Waals surface area contributed by atoms with E-state index in [0.29, 0.717) is 17.0 Å². The van der Waals surface area contributed by atoms with Crippen LogP contribution in [0.4, 0.5) is 5.69 Å². The molecular weight excluding hydrogens is 388 g/mol. The van der Waals surface area contributed by atoms with Crippen molar-refractivity contribution in [3.63, 3.8) is 0 Å². The molecule has 0 saturated heterocycles. The van der Waals surface area contributed by atoms with Crippen molar-refractivity contribution in [2.45, 2.75) is 27.7 Å². The minimum Gasteiger partial charge on any atom is -0.360 e. The highest BCUT2D eigenvalue weighted by Gasteiger charge is 2.23. The number of amides is 1. The molecule has 4 nitrogen and oxygen atoms in total. The minimum atomic E-state index is -0.205. The summed E-state index contributed by atoms with van der Waals surface area (Å²) >= 11 is 4.95. The van der Waals surface area contributed by atoms with E-state index in [-0.39, 0.29) is 5.91 Å². The van der Waals surface area contributed by atoms with Crippen molar-refractivity contribution in [1.29, 1.82) is 0 Å². The van der Waals surface area contributed by atoms with Crippen LogP contribution in [-0.2, 0) is 0 Å². The van der Waals surface area contributed by atoms with Gasteiger partial charge in [0.15, 0.2) is 0 Å². The van der Waals surface area contributed by atoms with Crippen LogP contribution < -0.4 is 5.32 Å². The Hall–Kier alpha value is -1.92. The summed E-state index contributed by atoms with van der Waals surface area (Å²) in [7, 11) is 0. The second-order valence-electron chi connectivity index (χ2n) is 5.79. The van der Waals surface area contributed by atoms with Gasteiger partial charge in [-0.2, -0.15) is 0 Å². The molecule has 0 fully saturated rings. The molecule has 0 saturated carbocycles. The van der Waals surface area contributed by atoms with E-state index < -0.39 is 0 Å². The molecule has 24 heavy (non-hydrogen) atoms. The van der Waals surface area contributed by atoms with Gasteiger partial charge in [0.2, 0.25) is 0 Å². The van der Waals surface area contributed by atoms with Crippen LogP contribution in [-0.4, -0.2) is 11.1 Å². The number of anilines is 1. The zero-order chi connectivity index (χ0) is 17.4. The van der Waals surface area contributed by atoms with Crippen LogP contribution >= 0.6 is 27.3 Å². The Morgan fingerprint density at radius 1 is 1.17 bits per heavy atom. The number of thiophene rings is 1. The monoisotopic (exact) mass is 404 g/mol. The summed E-state index contributed by atoms with van der Waals surface area (Å²) in [6, 6.07) is 7.96. The number of aryl methyl sites for hydroxylation is 4. The molecule has 1 N–H and O–H groups in total. The smallest absolute Gasteiger partial charge is 0.261 e. The van der Waals surface area contributed by atoms with E-state index in [0.717, 1.165) is 25.5 Å². The Balaban J connectivity index is 1.99. The summed E-state index contributed by atoms with van der Waals surface area (Å²) in [6.45, 7) is 7.78. The molecule has 3 aromatic rings. The van der Waals surface area contributed by atoms with Crippen molar-refractivity contribution in [3.05, 3.63) is 56.1 Å². The van der Waals surface area contributed by atoms with Crippen LogP contribution in [0.3, 0.4) is 0 Å². The van der Waals surface area contributed by atoms with Crippen molar-refractivity contribution in [2.75, 3.05) is 5.32 Å². The number of carbonyl (C=O) groups is 1. The van der Waals surface area contributed by atoms with Crippen molar-refractivity contribution >= 4 is 38.9 Å². The number of aromatic nitrogens is 1. The second kappa shape index (κ2) is 6.53. The van der Waals surface area contributed by atoms with Crippen molar-refractivity contribution < 1.29 is 9.32 Å². The highest BCUT2D eigenvalue weighted by Crippen LogP contribution is 2.34. The van der Waals surface area contributed by atoms with Crippen LogP contribution in [0.15, 0.2) is 32.6 Å². The van der Waals surface area contributed by atoms with Crippen LogP contribution in [0.2, 0.25) is 0 Å². The molecule has 2 aromatic heterocycles.